The zero-order chi connectivity index (χ0) is 19.6. The monoisotopic (exact) mass is 387 g/mol. The SMILES string of the molecule is Cc1cccc(C)c1OCc1cccn2c(C34CC5CC(CC(C5)C3)C4)nnc12. The number of fused-ring (bicyclic) bond motifs is 1. The molecule has 4 saturated carbocycles. The van der Waals surface area contributed by atoms with Crippen molar-refractivity contribution in [3.8, 4) is 5.75 Å². The van der Waals surface area contributed by atoms with Crippen molar-refractivity contribution in [2.75, 3.05) is 0 Å². The Hall–Kier alpha value is -2.36. The first-order valence-electron chi connectivity index (χ1n) is 11.1. The smallest absolute Gasteiger partial charge is 0.167 e. The Bertz CT molecular complexity index is 1030. The van der Waals surface area contributed by atoms with Crippen molar-refractivity contribution in [2.45, 2.75) is 64.4 Å². The second kappa shape index (κ2) is 6.32. The van der Waals surface area contributed by atoms with Crippen LogP contribution in [0.4, 0.5) is 0 Å². The van der Waals surface area contributed by atoms with Crippen LogP contribution in [0.25, 0.3) is 5.65 Å². The van der Waals surface area contributed by atoms with Crippen LogP contribution in [-0.2, 0) is 12.0 Å². The van der Waals surface area contributed by atoms with E-state index < -0.39 is 0 Å². The van der Waals surface area contributed by atoms with E-state index in [4.69, 9.17) is 9.84 Å². The van der Waals surface area contributed by atoms with Crippen molar-refractivity contribution in [2.24, 2.45) is 17.8 Å². The summed E-state index contributed by atoms with van der Waals surface area (Å²) in [6.45, 7) is 4.73. The molecular formula is C25H29N3O. The van der Waals surface area contributed by atoms with Gasteiger partial charge in [0.25, 0.3) is 0 Å². The Labute approximate surface area is 172 Å². The van der Waals surface area contributed by atoms with E-state index in [0.717, 1.165) is 34.7 Å². The van der Waals surface area contributed by atoms with E-state index in [1.165, 1.54) is 55.5 Å². The molecule has 0 saturated heterocycles. The molecule has 4 aliphatic carbocycles. The third-order valence-corrected chi connectivity index (χ3v) is 7.81. The van der Waals surface area contributed by atoms with Crippen LogP contribution in [0.3, 0.4) is 0 Å². The molecule has 4 nitrogen and oxygen atoms in total. The maximum absolute atomic E-state index is 6.24. The molecule has 4 heteroatoms. The highest BCUT2D eigenvalue weighted by Gasteiger charge is 2.53. The largest absolute Gasteiger partial charge is 0.488 e. The molecule has 3 aromatic rings. The molecule has 4 bridgehead atoms. The summed E-state index contributed by atoms with van der Waals surface area (Å²) in [5.41, 5.74) is 4.67. The highest BCUT2D eigenvalue weighted by atomic mass is 16.5. The molecule has 0 unspecified atom stereocenters. The van der Waals surface area contributed by atoms with E-state index in [0.29, 0.717) is 6.61 Å². The Morgan fingerprint density at radius 3 is 2.24 bits per heavy atom. The number of aryl methyl sites for hydroxylation is 2. The van der Waals surface area contributed by atoms with Gasteiger partial charge in [0.2, 0.25) is 0 Å². The molecule has 4 aliphatic rings. The number of rotatable bonds is 4. The number of benzene rings is 1. The van der Waals surface area contributed by atoms with E-state index in [1.807, 2.05) is 0 Å². The van der Waals surface area contributed by atoms with Gasteiger partial charge in [0.1, 0.15) is 18.2 Å². The second-order valence-electron chi connectivity index (χ2n) is 9.96. The summed E-state index contributed by atoms with van der Waals surface area (Å²) in [6, 6.07) is 10.5. The lowest BCUT2D eigenvalue weighted by molar-refractivity contribution is -0.00984. The predicted octanol–water partition coefficient (Wildman–Crippen LogP) is 5.39. The molecule has 2 aromatic heterocycles. The van der Waals surface area contributed by atoms with Gasteiger partial charge >= 0.3 is 0 Å². The van der Waals surface area contributed by atoms with Crippen molar-refractivity contribution in [3.63, 3.8) is 0 Å². The lowest BCUT2D eigenvalue weighted by atomic mass is 9.49. The van der Waals surface area contributed by atoms with E-state index in [9.17, 15) is 0 Å². The van der Waals surface area contributed by atoms with E-state index in [2.05, 4.69) is 59.9 Å². The molecule has 0 radical (unpaired) electrons. The van der Waals surface area contributed by atoms with Gasteiger partial charge < -0.3 is 4.74 Å². The van der Waals surface area contributed by atoms with Crippen LogP contribution < -0.4 is 4.74 Å². The minimum atomic E-state index is 0.250. The van der Waals surface area contributed by atoms with Gasteiger partial charge in [-0.3, -0.25) is 4.40 Å². The third-order valence-electron chi connectivity index (χ3n) is 7.81. The topological polar surface area (TPSA) is 39.4 Å². The summed E-state index contributed by atoms with van der Waals surface area (Å²) in [6.07, 6.45) is 10.4. The van der Waals surface area contributed by atoms with Crippen LogP contribution in [-0.4, -0.2) is 14.6 Å². The first-order valence-corrected chi connectivity index (χ1v) is 11.1. The number of hydrogen-bond donors (Lipinski definition) is 0. The second-order valence-corrected chi connectivity index (χ2v) is 9.96. The number of ether oxygens (including phenoxy) is 1. The van der Waals surface area contributed by atoms with E-state index >= 15 is 0 Å². The van der Waals surface area contributed by atoms with Gasteiger partial charge in [0, 0.05) is 17.2 Å². The molecular weight excluding hydrogens is 358 g/mol. The van der Waals surface area contributed by atoms with E-state index in [-0.39, 0.29) is 5.41 Å². The molecule has 0 spiro atoms. The molecule has 7 rings (SSSR count). The third kappa shape index (κ3) is 2.72. The summed E-state index contributed by atoms with van der Waals surface area (Å²) in [5, 5.41) is 9.46. The van der Waals surface area contributed by atoms with Gasteiger partial charge in [-0.1, -0.05) is 24.3 Å². The molecule has 0 atom stereocenters. The average Bonchev–Trinajstić information content (AvgIpc) is 3.12. The van der Waals surface area contributed by atoms with Gasteiger partial charge in [-0.2, -0.15) is 0 Å². The van der Waals surface area contributed by atoms with Crippen LogP contribution in [0.1, 0.15) is 61.0 Å². The fraction of sp³-hybridized carbons (Fsp3) is 0.520. The number of aromatic nitrogens is 3. The van der Waals surface area contributed by atoms with Crippen molar-refractivity contribution in [3.05, 3.63) is 59.0 Å². The number of para-hydroxylation sites is 1. The van der Waals surface area contributed by atoms with Crippen LogP contribution in [0.15, 0.2) is 36.5 Å². The lowest BCUT2D eigenvalue weighted by Gasteiger charge is -2.55. The maximum Gasteiger partial charge on any atom is 0.167 e. The van der Waals surface area contributed by atoms with Gasteiger partial charge in [-0.25, -0.2) is 0 Å². The highest BCUT2D eigenvalue weighted by Crippen LogP contribution is 2.60. The van der Waals surface area contributed by atoms with Crippen LogP contribution >= 0.6 is 0 Å². The first-order chi connectivity index (χ1) is 14.1. The minimum absolute atomic E-state index is 0.250. The number of hydrogen-bond acceptors (Lipinski definition) is 3. The van der Waals surface area contributed by atoms with Gasteiger partial charge in [-0.05, 0) is 87.3 Å². The van der Waals surface area contributed by atoms with E-state index in [1.54, 1.807) is 0 Å². The summed E-state index contributed by atoms with van der Waals surface area (Å²) in [5.74, 6) is 4.91. The van der Waals surface area contributed by atoms with Crippen molar-refractivity contribution >= 4 is 5.65 Å². The Morgan fingerprint density at radius 2 is 1.59 bits per heavy atom. The number of nitrogens with zero attached hydrogens (tertiary/aromatic N) is 3. The zero-order valence-electron chi connectivity index (χ0n) is 17.4. The lowest BCUT2D eigenvalue weighted by Crippen LogP contribution is -2.49. The summed E-state index contributed by atoms with van der Waals surface area (Å²) < 4.78 is 8.51. The Balaban J connectivity index is 1.35. The average molecular weight is 388 g/mol. The molecule has 29 heavy (non-hydrogen) atoms. The molecule has 0 N–H and O–H groups in total. The van der Waals surface area contributed by atoms with Crippen LogP contribution in [0, 0.1) is 31.6 Å². The minimum Gasteiger partial charge on any atom is -0.488 e. The van der Waals surface area contributed by atoms with Crippen molar-refractivity contribution < 1.29 is 4.74 Å². The maximum atomic E-state index is 6.24. The molecule has 1 aromatic carbocycles. The molecule has 4 fully saturated rings. The summed E-state index contributed by atoms with van der Waals surface area (Å²) in [7, 11) is 0. The first kappa shape index (κ1) is 17.5. The molecule has 0 amide bonds. The van der Waals surface area contributed by atoms with Gasteiger partial charge in [0.05, 0.1) is 0 Å². The summed E-state index contributed by atoms with van der Waals surface area (Å²) in [4.78, 5) is 0. The van der Waals surface area contributed by atoms with Gasteiger partial charge in [0.15, 0.2) is 5.65 Å². The van der Waals surface area contributed by atoms with Crippen LogP contribution in [0.2, 0.25) is 0 Å². The fourth-order valence-electron chi connectivity index (χ4n) is 7.01. The number of pyridine rings is 1. The van der Waals surface area contributed by atoms with Crippen molar-refractivity contribution in [1.82, 2.24) is 14.6 Å². The quantitative estimate of drug-likeness (QED) is 0.602. The highest BCUT2D eigenvalue weighted by molar-refractivity contribution is 5.49. The zero-order valence-corrected chi connectivity index (χ0v) is 17.4. The molecule has 150 valence electrons. The Kier molecular flexibility index (Phi) is 3.81. The standard InChI is InChI=1S/C25H29N3O/c1-16-5-3-6-17(2)22(16)29-15-21-7-4-8-28-23(21)26-27-24(28)25-12-18-9-19(13-25)11-20(10-18)14-25/h3-8,18-20H,9-15H2,1-2H3. The fourth-order valence-corrected chi connectivity index (χ4v) is 7.01. The van der Waals surface area contributed by atoms with Crippen molar-refractivity contribution in [1.29, 1.82) is 0 Å². The summed E-state index contributed by atoms with van der Waals surface area (Å²) >= 11 is 0. The normalized spacial score (nSPS) is 30.2. The molecule has 0 aliphatic heterocycles. The van der Waals surface area contributed by atoms with Crippen LogP contribution in [0.5, 0.6) is 5.75 Å². The Morgan fingerprint density at radius 1 is 0.931 bits per heavy atom. The molecule has 2 heterocycles. The van der Waals surface area contributed by atoms with Gasteiger partial charge in [-0.15, -0.1) is 10.2 Å². The predicted molar refractivity (Wildman–Crippen MR) is 113 cm³/mol.